The molecule has 1 atom stereocenters. The molecule has 1 aliphatic rings. The number of rotatable bonds is 6. The van der Waals surface area contributed by atoms with Crippen LogP contribution in [0.5, 0.6) is 0 Å². The Morgan fingerprint density at radius 2 is 1.63 bits per heavy atom. The highest BCUT2D eigenvalue weighted by atomic mass is 127. The van der Waals surface area contributed by atoms with Gasteiger partial charge in [0.25, 0.3) is 0 Å². The lowest BCUT2D eigenvalue weighted by molar-refractivity contribution is -0.139. The number of carbonyl (C=O) groups excluding carboxylic acids is 1. The van der Waals surface area contributed by atoms with Gasteiger partial charge in [0.05, 0.1) is 0 Å². The van der Waals surface area contributed by atoms with Gasteiger partial charge in [-0.3, -0.25) is 0 Å². The molecule has 0 spiro atoms. The van der Waals surface area contributed by atoms with Crippen LogP contribution in [0.4, 0.5) is 4.79 Å². The van der Waals surface area contributed by atoms with Crippen LogP contribution < -0.4 is 5.32 Å². The summed E-state index contributed by atoms with van der Waals surface area (Å²) < 4.78 is 6.33. The minimum atomic E-state index is -1.09. The highest BCUT2D eigenvalue weighted by Gasteiger charge is 2.29. The average Bonchev–Trinajstić information content (AvgIpc) is 2.97. The van der Waals surface area contributed by atoms with Crippen molar-refractivity contribution in [1.82, 2.24) is 5.32 Å². The molecule has 0 aliphatic heterocycles. The third kappa shape index (κ3) is 4.81. The van der Waals surface area contributed by atoms with Crippen LogP contribution in [0.15, 0.2) is 56.2 Å². The standard InChI is InChI=1S/C20H17I2NO4/c21-18(22)10-9-17(19(24)25)23-20(26)27-11-16-14-7-3-1-5-12(14)13-6-2-4-8-15(13)16/h1-8,10,16-17H,9,11H2,(H,23,26)(H,24,25)/t17-/m0/s1. The Kier molecular flexibility index (Phi) is 6.74. The molecule has 5 nitrogen and oxygen atoms in total. The fourth-order valence-electron chi connectivity index (χ4n) is 3.21. The number of hydrogen-bond donors (Lipinski definition) is 2. The lowest BCUT2D eigenvalue weighted by Gasteiger charge is -2.16. The number of benzene rings is 2. The van der Waals surface area contributed by atoms with Crippen LogP contribution in [0.3, 0.4) is 0 Å². The number of fused-ring (bicyclic) bond motifs is 3. The van der Waals surface area contributed by atoms with E-state index in [1.54, 1.807) is 6.08 Å². The van der Waals surface area contributed by atoms with E-state index in [9.17, 15) is 14.7 Å². The molecule has 1 amide bonds. The second-order valence-electron chi connectivity index (χ2n) is 6.09. The van der Waals surface area contributed by atoms with Crippen molar-refractivity contribution >= 4 is 57.2 Å². The monoisotopic (exact) mass is 589 g/mol. The number of hydrogen-bond acceptors (Lipinski definition) is 3. The number of carbonyl (C=O) groups is 2. The Balaban J connectivity index is 1.68. The van der Waals surface area contributed by atoms with Gasteiger partial charge in [0, 0.05) is 7.50 Å². The smallest absolute Gasteiger partial charge is 0.407 e. The van der Waals surface area contributed by atoms with Gasteiger partial charge >= 0.3 is 12.1 Å². The van der Waals surface area contributed by atoms with Crippen molar-refractivity contribution in [3.63, 3.8) is 0 Å². The second kappa shape index (κ2) is 9.05. The lowest BCUT2D eigenvalue weighted by Crippen LogP contribution is -2.41. The van der Waals surface area contributed by atoms with Crippen molar-refractivity contribution in [3.8, 4) is 11.1 Å². The van der Waals surface area contributed by atoms with E-state index in [4.69, 9.17) is 4.74 Å². The molecule has 0 heterocycles. The maximum atomic E-state index is 12.2. The molecule has 2 N–H and O–H groups in total. The Labute approximate surface area is 184 Å². The van der Waals surface area contributed by atoms with Gasteiger partial charge in [-0.2, -0.15) is 0 Å². The first kappa shape index (κ1) is 20.1. The van der Waals surface area contributed by atoms with Gasteiger partial charge in [-0.15, -0.1) is 0 Å². The number of amides is 1. The van der Waals surface area contributed by atoms with E-state index in [0.29, 0.717) is 0 Å². The Morgan fingerprint density at radius 1 is 1.07 bits per heavy atom. The van der Waals surface area contributed by atoms with Crippen LogP contribution in [0.2, 0.25) is 0 Å². The molecule has 2 aromatic rings. The quantitative estimate of drug-likeness (QED) is 0.462. The van der Waals surface area contributed by atoms with E-state index in [2.05, 4.69) is 62.6 Å². The predicted octanol–water partition coefficient (Wildman–Crippen LogP) is 5.08. The summed E-state index contributed by atoms with van der Waals surface area (Å²) in [5, 5.41) is 11.7. The summed E-state index contributed by atoms with van der Waals surface area (Å²) in [5.74, 6) is -1.14. The molecule has 2 aromatic carbocycles. The van der Waals surface area contributed by atoms with Gasteiger partial charge in [-0.05, 0) is 73.9 Å². The summed E-state index contributed by atoms with van der Waals surface area (Å²) >= 11 is 4.17. The summed E-state index contributed by atoms with van der Waals surface area (Å²) in [4.78, 5) is 23.5. The van der Waals surface area contributed by atoms with Gasteiger partial charge in [0.1, 0.15) is 12.6 Å². The summed E-state index contributed by atoms with van der Waals surface area (Å²) in [6, 6.07) is 15.1. The fourth-order valence-corrected chi connectivity index (χ4v) is 3.72. The van der Waals surface area contributed by atoms with Crippen molar-refractivity contribution in [1.29, 1.82) is 0 Å². The van der Waals surface area contributed by atoms with Gasteiger partial charge in [0.15, 0.2) is 0 Å². The Morgan fingerprint density at radius 3 is 2.15 bits per heavy atom. The minimum absolute atomic E-state index is 0.0541. The molecule has 3 rings (SSSR count). The first-order valence-electron chi connectivity index (χ1n) is 8.33. The minimum Gasteiger partial charge on any atom is -0.480 e. The molecular formula is C20H17I2NO4. The van der Waals surface area contributed by atoms with E-state index in [1.807, 2.05) is 36.4 Å². The topological polar surface area (TPSA) is 75.6 Å². The largest absolute Gasteiger partial charge is 0.480 e. The molecule has 0 bridgehead atoms. The van der Waals surface area contributed by atoms with Crippen LogP contribution in [-0.4, -0.2) is 29.8 Å². The van der Waals surface area contributed by atoms with Gasteiger partial charge in [-0.1, -0.05) is 54.6 Å². The molecule has 0 saturated heterocycles. The normalized spacial score (nSPS) is 13.3. The summed E-state index contributed by atoms with van der Waals surface area (Å²) in [6.45, 7) is 0.159. The van der Waals surface area contributed by atoms with E-state index in [1.165, 1.54) is 0 Å². The summed E-state index contributed by atoms with van der Waals surface area (Å²) in [6.07, 6.45) is 1.24. The van der Waals surface area contributed by atoms with Crippen molar-refractivity contribution < 1.29 is 19.4 Å². The molecule has 140 valence electrons. The third-order valence-electron chi connectivity index (χ3n) is 4.44. The van der Waals surface area contributed by atoms with E-state index < -0.39 is 18.1 Å². The number of halogens is 2. The van der Waals surface area contributed by atoms with E-state index >= 15 is 0 Å². The van der Waals surface area contributed by atoms with Crippen molar-refractivity contribution in [2.24, 2.45) is 0 Å². The highest BCUT2D eigenvalue weighted by Crippen LogP contribution is 2.44. The number of alkyl carbamates (subject to hydrolysis) is 1. The first-order valence-corrected chi connectivity index (χ1v) is 10.5. The molecule has 0 fully saturated rings. The van der Waals surface area contributed by atoms with Crippen LogP contribution in [0, 0.1) is 0 Å². The summed E-state index contributed by atoms with van der Waals surface area (Å²) in [5.41, 5.74) is 4.52. The van der Waals surface area contributed by atoms with Crippen LogP contribution in [-0.2, 0) is 9.53 Å². The highest BCUT2D eigenvalue weighted by molar-refractivity contribution is 14.2. The van der Waals surface area contributed by atoms with E-state index in [-0.39, 0.29) is 18.9 Å². The van der Waals surface area contributed by atoms with E-state index in [0.717, 1.165) is 23.8 Å². The number of carboxylic acid groups (broad SMARTS) is 1. The van der Waals surface area contributed by atoms with Crippen molar-refractivity contribution in [3.05, 3.63) is 67.3 Å². The van der Waals surface area contributed by atoms with Gasteiger partial charge in [0.2, 0.25) is 0 Å². The molecular weight excluding hydrogens is 572 g/mol. The molecule has 1 aliphatic carbocycles. The predicted molar refractivity (Wildman–Crippen MR) is 120 cm³/mol. The molecule has 27 heavy (non-hydrogen) atoms. The molecule has 0 aromatic heterocycles. The average molecular weight is 589 g/mol. The maximum absolute atomic E-state index is 12.2. The SMILES string of the molecule is O=C(N[C@@H](CC=C(I)I)C(=O)O)OCC1c2ccccc2-c2ccccc21. The van der Waals surface area contributed by atoms with Crippen LogP contribution >= 0.6 is 45.2 Å². The van der Waals surface area contributed by atoms with Gasteiger partial charge < -0.3 is 15.2 Å². The Bertz CT molecular complexity index is 848. The van der Waals surface area contributed by atoms with Gasteiger partial charge in [-0.25, -0.2) is 9.59 Å². The molecule has 0 saturated carbocycles. The lowest BCUT2D eigenvalue weighted by atomic mass is 9.98. The number of ether oxygens (including phenoxy) is 1. The fraction of sp³-hybridized carbons (Fsp3) is 0.200. The zero-order valence-corrected chi connectivity index (χ0v) is 18.5. The van der Waals surface area contributed by atoms with Crippen LogP contribution in [0.1, 0.15) is 23.5 Å². The molecule has 7 heteroatoms. The summed E-state index contributed by atoms with van der Waals surface area (Å²) in [7, 11) is 0. The molecule has 0 unspecified atom stereocenters. The third-order valence-corrected chi connectivity index (χ3v) is 5.32. The Hall–Kier alpha value is -1.62. The zero-order chi connectivity index (χ0) is 19.4. The number of aliphatic carboxylic acids is 1. The first-order chi connectivity index (χ1) is 13.0. The zero-order valence-electron chi connectivity index (χ0n) is 14.2. The second-order valence-corrected chi connectivity index (χ2v) is 10.5. The number of nitrogens with one attached hydrogen (secondary N) is 1. The van der Waals surface area contributed by atoms with Crippen molar-refractivity contribution in [2.45, 2.75) is 18.4 Å². The van der Waals surface area contributed by atoms with Crippen LogP contribution in [0.25, 0.3) is 11.1 Å². The molecule has 0 radical (unpaired) electrons. The number of carboxylic acids is 1. The maximum Gasteiger partial charge on any atom is 0.407 e. The van der Waals surface area contributed by atoms with Crippen molar-refractivity contribution in [2.75, 3.05) is 6.61 Å².